The van der Waals surface area contributed by atoms with E-state index in [4.69, 9.17) is 9.47 Å². The molecule has 4 atom stereocenters. The lowest BCUT2D eigenvalue weighted by atomic mass is 9.79. The van der Waals surface area contributed by atoms with E-state index in [1.54, 1.807) is 13.8 Å². The number of carbonyl (C=O) groups excluding carboxylic acids is 2. The molecule has 3 N–H and O–H groups in total. The largest absolute Gasteiger partial charge is 0.481 e. The highest BCUT2D eigenvalue weighted by Crippen LogP contribution is 2.44. The van der Waals surface area contributed by atoms with Crippen molar-refractivity contribution in [2.24, 2.45) is 16.7 Å². The van der Waals surface area contributed by atoms with Crippen LogP contribution in [0.4, 0.5) is 0 Å². The number of rotatable bonds is 19. The molecule has 0 bridgehead atoms. The second-order valence-electron chi connectivity index (χ2n) is 15.3. The van der Waals surface area contributed by atoms with E-state index in [0.29, 0.717) is 6.61 Å². The van der Waals surface area contributed by atoms with Crippen molar-refractivity contribution in [3.63, 3.8) is 0 Å². The molecule has 2 amide bonds. The van der Waals surface area contributed by atoms with E-state index in [9.17, 15) is 19.5 Å². The Morgan fingerprint density at radius 3 is 2.02 bits per heavy atom. The van der Waals surface area contributed by atoms with Gasteiger partial charge in [-0.2, -0.15) is 0 Å². The molecule has 2 saturated carbocycles. The van der Waals surface area contributed by atoms with Gasteiger partial charge in [0.05, 0.1) is 13.0 Å². The van der Waals surface area contributed by atoms with E-state index < -0.39 is 29.3 Å². The third-order valence-corrected chi connectivity index (χ3v) is 10.6. The van der Waals surface area contributed by atoms with Crippen LogP contribution in [-0.4, -0.2) is 53.5 Å². The van der Waals surface area contributed by atoms with Crippen molar-refractivity contribution in [1.29, 1.82) is 0 Å². The van der Waals surface area contributed by atoms with E-state index >= 15 is 0 Å². The number of ether oxygens (including phenoxy) is 2. The predicted octanol–water partition coefficient (Wildman–Crippen LogP) is 7.67. The van der Waals surface area contributed by atoms with E-state index in [1.165, 1.54) is 64.2 Å². The fraction of sp³-hybridized carbons (Fsp3) is 0.917. The molecule has 0 aromatic heterocycles. The fourth-order valence-electron chi connectivity index (χ4n) is 7.82. The maximum absolute atomic E-state index is 13.9. The van der Waals surface area contributed by atoms with Gasteiger partial charge < -0.3 is 25.2 Å². The highest BCUT2D eigenvalue weighted by atomic mass is 16.7. The average Bonchev–Trinajstić information content (AvgIpc) is 3.63. The summed E-state index contributed by atoms with van der Waals surface area (Å²) in [5.74, 6) is -2.14. The van der Waals surface area contributed by atoms with E-state index in [0.717, 1.165) is 57.8 Å². The molecule has 1 saturated heterocycles. The standard InChI is InChI=1S/C36H64N2O6/c1-6-7-8-9-10-11-12-13-14-15-16-22-36(23-17-18-24-36)33(42)38-28-21-19-20-27(28)29(25-30(39)40)37-32(41)31-34(2,3)26-43-35(4,5)44-31/h27-29,31H,6-26H2,1-5H3,(H,37,41)(H,38,42)(H,39,40). The first-order chi connectivity index (χ1) is 20.9. The average molecular weight is 621 g/mol. The zero-order valence-electron chi connectivity index (χ0n) is 28.6. The molecule has 0 aromatic carbocycles. The summed E-state index contributed by atoms with van der Waals surface area (Å²) in [6.07, 6.45) is 20.8. The number of nitrogens with one attached hydrogen (secondary N) is 2. The SMILES string of the molecule is CCCCCCCCCCCCCC1(C(=O)NC2CCCC2C(CC(=O)O)NC(=O)C2OC(C)(C)OCC2(C)C)CCCC1. The van der Waals surface area contributed by atoms with Gasteiger partial charge in [-0.1, -0.05) is 111 Å². The Morgan fingerprint density at radius 1 is 0.841 bits per heavy atom. The highest BCUT2D eigenvalue weighted by molar-refractivity contribution is 5.84. The van der Waals surface area contributed by atoms with Gasteiger partial charge in [-0.05, 0) is 51.9 Å². The van der Waals surface area contributed by atoms with E-state index in [-0.39, 0.29) is 35.6 Å². The molecule has 0 spiro atoms. The lowest BCUT2D eigenvalue weighted by Gasteiger charge is -2.45. The summed E-state index contributed by atoms with van der Waals surface area (Å²) in [6, 6.07) is -0.716. The minimum absolute atomic E-state index is 0.129. The van der Waals surface area contributed by atoms with Gasteiger partial charge in [0.15, 0.2) is 5.79 Å². The minimum Gasteiger partial charge on any atom is -0.481 e. The molecule has 3 aliphatic rings. The Hall–Kier alpha value is -1.67. The van der Waals surface area contributed by atoms with Crippen molar-refractivity contribution in [1.82, 2.24) is 10.6 Å². The van der Waals surface area contributed by atoms with E-state index in [1.807, 2.05) is 13.8 Å². The van der Waals surface area contributed by atoms with Crippen LogP contribution in [0.5, 0.6) is 0 Å². The van der Waals surface area contributed by atoms with Gasteiger partial charge in [-0.25, -0.2) is 0 Å². The van der Waals surface area contributed by atoms with Crippen molar-refractivity contribution >= 4 is 17.8 Å². The summed E-state index contributed by atoms with van der Waals surface area (Å²) < 4.78 is 11.8. The Bertz CT molecular complexity index is 912. The van der Waals surface area contributed by atoms with Crippen LogP contribution in [0.15, 0.2) is 0 Å². The first-order valence-electron chi connectivity index (χ1n) is 18.0. The number of amides is 2. The number of carbonyl (C=O) groups is 3. The van der Waals surface area contributed by atoms with E-state index in [2.05, 4.69) is 17.6 Å². The van der Waals surface area contributed by atoms with Gasteiger partial charge in [0.1, 0.15) is 6.10 Å². The third kappa shape index (κ3) is 11.0. The van der Waals surface area contributed by atoms with Crippen LogP contribution < -0.4 is 10.6 Å². The first-order valence-corrected chi connectivity index (χ1v) is 18.0. The third-order valence-electron chi connectivity index (χ3n) is 10.6. The van der Waals surface area contributed by atoms with Crippen LogP contribution in [0.25, 0.3) is 0 Å². The van der Waals surface area contributed by atoms with Gasteiger partial charge in [0, 0.05) is 22.9 Å². The topological polar surface area (TPSA) is 114 Å². The molecule has 3 fully saturated rings. The first kappa shape index (κ1) is 36.8. The fourth-order valence-corrected chi connectivity index (χ4v) is 7.82. The van der Waals surface area contributed by atoms with Crippen molar-refractivity contribution in [3.8, 4) is 0 Å². The van der Waals surface area contributed by atoms with Crippen LogP contribution >= 0.6 is 0 Å². The summed E-state index contributed by atoms with van der Waals surface area (Å²) in [7, 11) is 0. The van der Waals surface area contributed by atoms with Crippen molar-refractivity contribution in [3.05, 3.63) is 0 Å². The second-order valence-corrected chi connectivity index (χ2v) is 15.3. The summed E-state index contributed by atoms with van der Waals surface area (Å²) in [4.78, 5) is 39.4. The summed E-state index contributed by atoms with van der Waals surface area (Å²) >= 11 is 0. The summed E-state index contributed by atoms with van der Waals surface area (Å²) in [5, 5.41) is 16.2. The Kier molecular flexibility index (Phi) is 14.5. The Labute approximate surface area is 267 Å². The van der Waals surface area contributed by atoms with Gasteiger partial charge in [0.25, 0.3) is 0 Å². The Balaban J connectivity index is 1.54. The quantitative estimate of drug-likeness (QED) is 0.128. The maximum Gasteiger partial charge on any atom is 0.305 e. The number of unbranched alkanes of at least 4 members (excludes halogenated alkanes) is 10. The molecule has 1 aliphatic heterocycles. The highest BCUT2D eigenvalue weighted by Gasteiger charge is 2.48. The van der Waals surface area contributed by atoms with Gasteiger partial charge >= 0.3 is 5.97 Å². The molecule has 4 unspecified atom stereocenters. The monoisotopic (exact) mass is 620 g/mol. The molecule has 0 aromatic rings. The van der Waals surface area contributed by atoms with Crippen LogP contribution in [0.1, 0.15) is 163 Å². The molecular formula is C36H64N2O6. The number of hydrogen-bond donors (Lipinski definition) is 3. The predicted molar refractivity (Wildman–Crippen MR) is 174 cm³/mol. The lowest BCUT2D eigenvalue weighted by Crippen LogP contribution is -2.59. The summed E-state index contributed by atoms with van der Waals surface area (Å²) in [6.45, 7) is 10.0. The smallest absolute Gasteiger partial charge is 0.305 e. The van der Waals surface area contributed by atoms with Crippen LogP contribution in [-0.2, 0) is 23.9 Å². The molecule has 3 rings (SSSR count). The normalized spacial score (nSPS) is 26.2. The molecule has 254 valence electrons. The van der Waals surface area contributed by atoms with Crippen molar-refractivity contribution in [2.75, 3.05) is 6.61 Å². The summed E-state index contributed by atoms with van der Waals surface area (Å²) in [5.41, 5.74) is -0.858. The zero-order valence-corrected chi connectivity index (χ0v) is 28.6. The zero-order chi connectivity index (χ0) is 32.2. The number of carboxylic acid groups (broad SMARTS) is 1. The molecule has 8 nitrogen and oxygen atoms in total. The lowest BCUT2D eigenvalue weighted by molar-refractivity contribution is -0.304. The molecule has 44 heavy (non-hydrogen) atoms. The number of hydrogen-bond acceptors (Lipinski definition) is 5. The van der Waals surface area contributed by atoms with Gasteiger partial charge in [-0.3, -0.25) is 14.4 Å². The Morgan fingerprint density at radius 2 is 1.43 bits per heavy atom. The number of aliphatic carboxylic acids is 1. The van der Waals surface area contributed by atoms with Crippen LogP contribution in [0.2, 0.25) is 0 Å². The number of carboxylic acids is 1. The van der Waals surface area contributed by atoms with Crippen LogP contribution in [0, 0.1) is 16.7 Å². The minimum atomic E-state index is -0.955. The maximum atomic E-state index is 13.9. The van der Waals surface area contributed by atoms with Crippen molar-refractivity contribution in [2.45, 2.75) is 187 Å². The van der Waals surface area contributed by atoms with Crippen molar-refractivity contribution < 1.29 is 29.0 Å². The van der Waals surface area contributed by atoms with Gasteiger partial charge in [0.2, 0.25) is 11.8 Å². The molecular weight excluding hydrogens is 556 g/mol. The second kappa shape index (κ2) is 17.3. The molecule has 8 heteroatoms. The molecule has 0 radical (unpaired) electrons. The van der Waals surface area contributed by atoms with Gasteiger partial charge in [-0.15, -0.1) is 0 Å². The molecule has 1 heterocycles. The van der Waals surface area contributed by atoms with Crippen LogP contribution in [0.3, 0.4) is 0 Å². The molecule has 2 aliphatic carbocycles.